The summed E-state index contributed by atoms with van der Waals surface area (Å²) in [6.07, 6.45) is -0.211. The fourth-order valence-electron chi connectivity index (χ4n) is 4.71. The molecule has 0 saturated carbocycles. The van der Waals surface area contributed by atoms with Crippen molar-refractivity contribution in [2.45, 2.75) is 12.5 Å². The molecule has 4 aromatic carbocycles. The van der Waals surface area contributed by atoms with E-state index in [0.29, 0.717) is 27.8 Å². The van der Waals surface area contributed by atoms with E-state index in [9.17, 15) is 19.8 Å². The lowest BCUT2D eigenvalue weighted by molar-refractivity contribution is 0.0972. The fraction of sp³-hybridized carbons (Fsp3) is 0.103. The number of carbonyl (C=O) groups is 1. The van der Waals surface area contributed by atoms with E-state index in [4.69, 9.17) is 5.73 Å². The van der Waals surface area contributed by atoms with Crippen LogP contribution in [-0.4, -0.2) is 20.6 Å². The van der Waals surface area contributed by atoms with Gasteiger partial charge in [0.15, 0.2) is 5.78 Å². The zero-order valence-electron chi connectivity index (χ0n) is 19.6. The molecule has 0 spiro atoms. The van der Waals surface area contributed by atoms with Crippen molar-refractivity contribution >= 4 is 38.8 Å². The van der Waals surface area contributed by atoms with Gasteiger partial charge in [0.1, 0.15) is 17.1 Å². The summed E-state index contributed by atoms with van der Waals surface area (Å²) in [5.41, 5.74) is 7.37. The number of rotatable bonds is 6. The zero-order chi connectivity index (χ0) is 25.4. The summed E-state index contributed by atoms with van der Waals surface area (Å²) >= 11 is 0. The number of aromatic hydroxyl groups is 2. The molecule has 1 aromatic heterocycles. The van der Waals surface area contributed by atoms with Crippen LogP contribution in [0, 0.1) is 0 Å². The van der Waals surface area contributed by atoms with Crippen molar-refractivity contribution in [1.29, 1.82) is 0 Å². The number of benzene rings is 4. The smallest absolute Gasteiger partial charge is 0.265 e. The number of para-hydroxylation sites is 3. The molecule has 0 aliphatic rings. The number of hydrogen-bond acceptors (Lipinski definition) is 6. The number of ketones is 1. The Morgan fingerprint density at radius 3 is 2.36 bits per heavy atom. The quantitative estimate of drug-likeness (QED) is 0.199. The van der Waals surface area contributed by atoms with Gasteiger partial charge in [-0.05, 0) is 41.1 Å². The summed E-state index contributed by atoms with van der Waals surface area (Å²) in [6.45, 7) is 0. The lowest BCUT2D eigenvalue weighted by Gasteiger charge is -2.24. The number of aromatic nitrogens is 1. The van der Waals surface area contributed by atoms with Crippen LogP contribution in [-0.2, 0) is 7.05 Å². The molecule has 1 unspecified atom stereocenters. The Morgan fingerprint density at radius 2 is 1.58 bits per heavy atom. The highest BCUT2D eigenvalue weighted by Crippen LogP contribution is 2.38. The number of Topliss-reactive ketones (excluding diaryl/α,β-unsaturated/α-hetero) is 1. The minimum Gasteiger partial charge on any atom is -0.508 e. The van der Waals surface area contributed by atoms with Gasteiger partial charge in [-0.3, -0.25) is 9.59 Å². The van der Waals surface area contributed by atoms with Crippen LogP contribution in [0.25, 0.3) is 21.7 Å². The maximum absolute atomic E-state index is 13.7. The largest absolute Gasteiger partial charge is 0.508 e. The molecular weight excluding hydrogens is 454 g/mol. The summed E-state index contributed by atoms with van der Waals surface area (Å²) in [5.74, 6) is -0.902. The molecule has 0 radical (unpaired) electrons. The van der Waals surface area contributed by atoms with Gasteiger partial charge < -0.3 is 25.8 Å². The molecule has 0 bridgehead atoms. The minimum absolute atomic E-state index is 0.00383. The maximum atomic E-state index is 13.7. The van der Waals surface area contributed by atoms with Crippen LogP contribution in [0.1, 0.15) is 28.4 Å². The summed E-state index contributed by atoms with van der Waals surface area (Å²) in [7, 11) is 1.57. The Labute approximate surface area is 207 Å². The van der Waals surface area contributed by atoms with Gasteiger partial charge in [-0.15, -0.1) is 0 Å². The number of carbonyl (C=O) groups excluding carboxylic acids is 1. The van der Waals surface area contributed by atoms with Crippen LogP contribution in [0.4, 0.5) is 11.4 Å². The van der Waals surface area contributed by atoms with Gasteiger partial charge in [0.05, 0.1) is 22.9 Å². The molecular formula is C29H25N3O4. The molecule has 5 aromatic rings. The molecule has 0 aliphatic carbocycles. The number of hydrogen-bond donors (Lipinski definition) is 4. The van der Waals surface area contributed by atoms with Gasteiger partial charge in [-0.1, -0.05) is 54.6 Å². The lowest BCUT2D eigenvalue weighted by Crippen LogP contribution is -2.27. The molecule has 1 heterocycles. The lowest BCUT2D eigenvalue weighted by atomic mass is 9.92. The number of phenols is 1. The molecule has 0 fully saturated rings. The minimum atomic E-state index is -0.746. The Hall–Kier alpha value is -4.78. The Morgan fingerprint density at radius 1 is 0.917 bits per heavy atom. The van der Waals surface area contributed by atoms with E-state index in [2.05, 4.69) is 5.32 Å². The summed E-state index contributed by atoms with van der Waals surface area (Å²) < 4.78 is 1.36. The summed E-state index contributed by atoms with van der Waals surface area (Å²) in [4.78, 5) is 26.8. The van der Waals surface area contributed by atoms with Crippen molar-refractivity contribution in [3.63, 3.8) is 0 Å². The van der Waals surface area contributed by atoms with Gasteiger partial charge in [0.25, 0.3) is 5.56 Å². The molecule has 0 saturated heterocycles. The molecule has 180 valence electrons. The molecule has 7 nitrogen and oxygen atoms in total. The molecule has 1 atom stereocenters. The standard InChI is InChI=1S/C29H25N3O4/c1-32-23-13-7-4-10-19(23)28(35)27(29(32)36)25(34)16-22(31-21-12-6-5-11-20(21)30)26-18-9-3-2-8-17(18)14-15-24(26)33/h2-15,22,31,33,35H,16,30H2,1H3. The highest BCUT2D eigenvalue weighted by Gasteiger charge is 2.27. The Kier molecular flexibility index (Phi) is 5.82. The van der Waals surface area contributed by atoms with Crippen molar-refractivity contribution < 1.29 is 15.0 Å². The Bertz CT molecular complexity index is 1690. The number of nitrogens with one attached hydrogen (secondary N) is 1. The number of fused-ring (bicyclic) bond motifs is 2. The van der Waals surface area contributed by atoms with Crippen LogP contribution < -0.4 is 16.6 Å². The second kappa shape index (κ2) is 9.11. The SMILES string of the molecule is Cn1c(=O)c(C(=O)CC(Nc2ccccc2N)c2c(O)ccc3ccccc23)c(O)c2ccccc21. The van der Waals surface area contributed by atoms with E-state index in [-0.39, 0.29) is 23.5 Å². The van der Waals surface area contributed by atoms with Crippen LogP contribution in [0.5, 0.6) is 11.5 Å². The average molecular weight is 480 g/mol. The monoisotopic (exact) mass is 479 g/mol. The first kappa shape index (κ1) is 23.0. The molecule has 5 N–H and O–H groups in total. The van der Waals surface area contributed by atoms with Crippen molar-refractivity contribution in [1.82, 2.24) is 4.57 Å². The molecule has 0 aliphatic heterocycles. The van der Waals surface area contributed by atoms with E-state index in [1.165, 1.54) is 4.57 Å². The van der Waals surface area contributed by atoms with Crippen molar-refractivity contribution in [2.24, 2.45) is 7.05 Å². The van der Waals surface area contributed by atoms with Crippen LogP contribution in [0.3, 0.4) is 0 Å². The number of nitrogen functional groups attached to an aromatic ring is 1. The predicted molar refractivity (Wildman–Crippen MR) is 143 cm³/mol. The zero-order valence-corrected chi connectivity index (χ0v) is 19.6. The number of nitrogens with zero attached hydrogens (tertiary/aromatic N) is 1. The van der Waals surface area contributed by atoms with Crippen LogP contribution in [0.15, 0.2) is 89.7 Å². The van der Waals surface area contributed by atoms with Crippen LogP contribution in [0.2, 0.25) is 0 Å². The maximum Gasteiger partial charge on any atom is 0.265 e. The first-order chi connectivity index (χ1) is 17.4. The van der Waals surface area contributed by atoms with E-state index in [1.807, 2.05) is 30.3 Å². The third-order valence-electron chi connectivity index (χ3n) is 6.53. The fourth-order valence-corrected chi connectivity index (χ4v) is 4.71. The predicted octanol–water partition coefficient (Wildman–Crippen LogP) is 5.11. The van der Waals surface area contributed by atoms with Gasteiger partial charge in [-0.2, -0.15) is 0 Å². The number of pyridine rings is 1. The summed E-state index contributed by atoms with van der Waals surface area (Å²) in [5, 5.41) is 27.2. The van der Waals surface area contributed by atoms with E-state index < -0.39 is 17.4 Å². The number of phenolic OH excluding ortho intramolecular Hbond substituents is 1. The topological polar surface area (TPSA) is 118 Å². The number of nitrogens with two attached hydrogens (primary N) is 1. The second-order valence-electron chi connectivity index (χ2n) is 8.74. The van der Waals surface area contributed by atoms with E-state index in [1.54, 1.807) is 61.6 Å². The average Bonchev–Trinajstić information content (AvgIpc) is 2.88. The van der Waals surface area contributed by atoms with Crippen molar-refractivity contribution in [3.05, 3.63) is 106 Å². The van der Waals surface area contributed by atoms with Gasteiger partial charge in [0.2, 0.25) is 0 Å². The molecule has 5 rings (SSSR count). The highest BCUT2D eigenvalue weighted by molar-refractivity contribution is 6.04. The van der Waals surface area contributed by atoms with Gasteiger partial charge in [0, 0.05) is 24.4 Å². The number of anilines is 2. The van der Waals surface area contributed by atoms with E-state index >= 15 is 0 Å². The van der Waals surface area contributed by atoms with Crippen molar-refractivity contribution in [3.8, 4) is 11.5 Å². The van der Waals surface area contributed by atoms with E-state index in [0.717, 1.165) is 10.8 Å². The molecule has 36 heavy (non-hydrogen) atoms. The Balaban J connectivity index is 1.66. The second-order valence-corrected chi connectivity index (χ2v) is 8.74. The first-order valence-electron chi connectivity index (χ1n) is 11.5. The molecule has 0 amide bonds. The van der Waals surface area contributed by atoms with Crippen molar-refractivity contribution in [2.75, 3.05) is 11.1 Å². The third kappa shape index (κ3) is 3.90. The van der Waals surface area contributed by atoms with Crippen LogP contribution >= 0.6 is 0 Å². The van der Waals surface area contributed by atoms with Gasteiger partial charge >= 0.3 is 0 Å². The normalized spacial score (nSPS) is 12.0. The highest BCUT2D eigenvalue weighted by atomic mass is 16.3. The third-order valence-corrected chi connectivity index (χ3v) is 6.53. The molecule has 7 heteroatoms. The number of aryl methyl sites for hydroxylation is 1. The summed E-state index contributed by atoms with van der Waals surface area (Å²) in [6, 6.07) is 24.1. The van der Waals surface area contributed by atoms with Gasteiger partial charge in [-0.25, -0.2) is 0 Å². The first-order valence-corrected chi connectivity index (χ1v) is 11.5.